The molecule has 0 spiro atoms. The standard InChI is InChI=1S/C12H17NO/c1-8(2)11-7-13-12-5-4-9(14-3)6-10(11)12/h4-6,8,11,13H,7H2,1-3H3/t11-/m1/s1. The lowest BCUT2D eigenvalue weighted by Gasteiger charge is -2.14. The van der Waals surface area contributed by atoms with Crippen LogP contribution in [0, 0.1) is 5.92 Å². The number of nitrogens with one attached hydrogen (secondary N) is 1. The first-order valence-corrected chi connectivity index (χ1v) is 5.14. The Kier molecular flexibility index (Phi) is 2.36. The number of hydrogen-bond donors (Lipinski definition) is 1. The van der Waals surface area contributed by atoms with E-state index in [-0.39, 0.29) is 0 Å². The molecule has 1 aliphatic rings. The molecule has 1 aliphatic heterocycles. The van der Waals surface area contributed by atoms with Gasteiger partial charge in [0.25, 0.3) is 0 Å². The van der Waals surface area contributed by atoms with E-state index in [9.17, 15) is 0 Å². The summed E-state index contributed by atoms with van der Waals surface area (Å²) < 4.78 is 5.24. The molecule has 1 N–H and O–H groups in total. The summed E-state index contributed by atoms with van der Waals surface area (Å²) in [6.07, 6.45) is 0. The van der Waals surface area contributed by atoms with E-state index < -0.39 is 0 Å². The molecule has 0 unspecified atom stereocenters. The van der Waals surface area contributed by atoms with Crippen LogP contribution in [0.3, 0.4) is 0 Å². The van der Waals surface area contributed by atoms with Crippen LogP contribution in [0.2, 0.25) is 0 Å². The van der Waals surface area contributed by atoms with E-state index in [1.165, 1.54) is 11.3 Å². The molecule has 2 nitrogen and oxygen atoms in total. The number of rotatable bonds is 2. The second kappa shape index (κ2) is 3.52. The molecule has 0 saturated carbocycles. The second-order valence-corrected chi connectivity index (χ2v) is 4.18. The zero-order valence-corrected chi connectivity index (χ0v) is 9.00. The van der Waals surface area contributed by atoms with Gasteiger partial charge in [-0.25, -0.2) is 0 Å². The van der Waals surface area contributed by atoms with Crippen molar-refractivity contribution in [2.45, 2.75) is 19.8 Å². The van der Waals surface area contributed by atoms with Crippen LogP contribution in [0.1, 0.15) is 25.3 Å². The molecular formula is C12H17NO. The molecule has 1 atom stereocenters. The molecule has 14 heavy (non-hydrogen) atoms. The van der Waals surface area contributed by atoms with Crippen molar-refractivity contribution in [3.05, 3.63) is 23.8 Å². The SMILES string of the molecule is COc1ccc2c(c1)[C@@H](C(C)C)CN2. The first-order chi connectivity index (χ1) is 6.72. The van der Waals surface area contributed by atoms with Crippen LogP contribution in [0.4, 0.5) is 5.69 Å². The molecule has 2 rings (SSSR count). The first-order valence-electron chi connectivity index (χ1n) is 5.14. The van der Waals surface area contributed by atoms with Gasteiger partial charge in [0, 0.05) is 18.2 Å². The first kappa shape index (κ1) is 9.38. The molecule has 1 aromatic carbocycles. The summed E-state index contributed by atoms with van der Waals surface area (Å²) in [5, 5.41) is 3.43. The number of benzene rings is 1. The quantitative estimate of drug-likeness (QED) is 0.776. The average molecular weight is 191 g/mol. The molecule has 76 valence electrons. The Labute approximate surface area is 85.3 Å². The Hall–Kier alpha value is -1.18. The third-order valence-corrected chi connectivity index (χ3v) is 2.98. The lowest BCUT2D eigenvalue weighted by atomic mass is 9.90. The normalized spacial score (nSPS) is 19.3. The van der Waals surface area contributed by atoms with Crippen molar-refractivity contribution in [2.75, 3.05) is 19.0 Å². The minimum Gasteiger partial charge on any atom is -0.497 e. The largest absolute Gasteiger partial charge is 0.497 e. The summed E-state index contributed by atoms with van der Waals surface area (Å²) in [6, 6.07) is 6.27. The minimum atomic E-state index is 0.625. The highest BCUT2D eigenvalue weighted by molar-refractivity contribution is 5.60. The Bertz CT molecular complexity index is 333. The molecule has 1 heterocycles. The van der Waals surface area contributed by atoms with E-state index in [1.54, 1.807) is 7.11 Å². The van der Waals surface area contributed by atoms with Crippen LogP contribution < -0.4 is 10.1 Å². The van der Waals surface area contributed by atoms with E-state index >= 15 is 0 Å². The molecule has 0 saturated heterocycles. The highest BCUT2D eigenvalue weighted by Crippen LogP contribution is 2.38. The Morgan fingerprint density at radius 3 is 2.86 bits per heavy atom. The van der Waals surface area contributed by atoms with Crippen LogP contribution in [-0.2, 0) is 0 Å². The van der Waals surface area contributed by atoms with Crippen molar-refractivity contribution in [1.29, 1.82) is 0 Å². The topological polar surface area (TPSA) is 21.3 Å². The molecule has 0 bridgehead atoms. The van der Waals surface area contributed by atoms with Gasteiger partial charge in [-0.2, -0.15) is 0 Å². The Morgan fingerprint density at radius 1 is 1.43 bits per heavy atom. The van der Waals surface area contributed by atoms with Gasteiger partial charge >= 0.3 is 0 Å². The monoisotopic (exact) mass is 191 g/mol. The smallest absolute Gasteiger partial charge is 0.119 e. The van der Waals surface area contributed by atoms with Gasteiger partial charge in [0.15, 0.2) is 0 Å². The number of hydrogen-bond acceptors (Lipinski definition) is 2. The Morgan fingerprint density at radius 2 is 2.21 bits per heavy atom. The molecule has 0 radical (unpaired) electrons. The fourth-order valence-electron chi connectivity index (χ4n) is 2.06. The van der Waals surface area contributed by atoms with Gasteiger partial charge in [-0.15, -0.1) is 0 Å². The highest BCUT2D eigenvalue weighted by Gasteiger charge is 2.24. The summed E-state index contributed by atoms with van der Waals surface area (Å²) >= 11 is 0. The van der Waals surface area contributed by atoms with Gasteiger partial charge in [0.05, 0.1) is 7.11 Å². The van der Waals surface area contributed by atoms with E-state index in [0.717, 1.165) is 12.3 Å². The fourth-order valence-corrected chi connectivity index (χ4v) is 2.06. The summed E-state index contributed by atoms with van der Waals surface area (Å²) in [5.74, 6) is 2.26. The van der Waals surface area contributed by atoms with Gasteiger partial charge in [-0.05, 0) is 29.7 Å². The number of methoxy groups -OCH3 is 1. The van der Waals surface area contributed by atoms with Crippen LogP contribution in [0.15, 0.2) is 18.2 Å². The number of ether oxygens (including phenoxy) is 1. The average Bonchev–Trinajstić information content (AvgIpc) is 2.59. The number of anilines is 1. The van der Waals surface area contributed by atoms with Crippen LogP contribution in [0.25, 0.3) is 0 Å². The van der Waals surface area contributed by atoms with Crippen LogP contribution in [0.5, 0.6) is 5.75 Å². The molecular weight excluding hydrogens is 174 g/mol. The molecule has 1 aromatic rings. The second-order valence-electron chi connectivity index (χ2n) is 4.18. The lowest BCUT2D eigenvalue weighted by molar-refractivity contribution is 0.413. The van der Waals surface area contributed by atoms with Gasteiger partial charge in [0.1, 0.15) is 5.75 Å². The van der Waals surface area contributed by atoms with Gasteiger partial charge in [-0.1, -0.05) is 13.8 Å². The summed E-state index contributed by atoms with van der Waals surface area (Å²) in [7, 11) is 1.72. The zero-order valence-electron chi connectivity index (χ0n) is 9.00. The summed E-state index contributed by atoms with van der Waals surface area (Å²) in [5.41, 5.74) is 2.67. The zero-order chi connectivity index (χ0) is 10.1. The minimum absolute atomic E-state index is 0.625. The molecule has 0 fully saturated rings. The summed E-state index contributed by atoms with van der Waals surface area (Å²) in [4.78, 5) is 0. The van der Waals surface area contributed by atoms with Crippen molar-refractivity contribution in [2.24, 2.45) is 5.92 Å². The van der Waals surface area contributed by atoms with Crippen LogP contribution in [-0.4, -0.2) is 13.7 Å². The summed E-state index contributed by atoms with van der Waals surface area (Å²) in [6.45, 7) is 5.59. The molecule has 0 aromatic heterocycles. The van der Waals surface area contributed by atoms with Crippen molar-refractivity contribution < 1.29 is 4.74 Å². The van der Waals surface area contributed by atoms with E-state index in [0.29, 0.717) is 11.8 Å². The highest BCUT2D eigenvalue weighted by atomic mass is 16.5. The van der Waals surface area contributed by atoms with Gasteiger partial charge in [-0.3, -0.25) is 0 Å². The molecule has 0 aliphatic carbocycles. The Balaban J connectivity index is 2.37. The maximum Gasteiger partial charge on any atom is 0.119 e. The van der Waals surface area contributed by atoms with Crippen molar-refractivity contribution in [1.82, 2.24) is 0 Å². The lowest BCUT2D eigenvalue weighted by Crippen LogP contribution is -2.08. The maximum atomic E-state index is 5.24. The molecule has 2 heteroatoms. The van der Waals surface area contributed by atoms with Gasteiger partial charge < -0.3 is 10.1 Å². The maximum absolute atomic E-state index is 5.24. The third kappa shape index (κ3) is 1.45. The van der Waals surface area contributed by atoms with E-state index in [2.05, 4.69) is 31.3 Å². The van der Waals surface area contributed by atoms with Crippen LogP contribution >= 0.6 is 0 Å². The predicted octanol–water partition coefficient (Wildman–Crippen LogP) is 2.86. The predicted molar refractivity (Wildman–Crippen MR) is 59.1 cm³/mol. The van der Waals surface area contributed by atoms with Crippen molar-refractivity contribution in [3.8, 4) is 5.75 Å². The van der Waals surface area contributed by atoms with Gasteiger partial charge in [0.2, 0.25) is 0 Å². The fraction of sp³-hybridized carbons (Fsp3) is 0.500. The number of fused-ring (bicyclic) bond motifs is 1. The van der Waals surface area contributed by atoms with Crippen molar-refractivity contribution >= 4 is 5.69 Å². The van der Waals surface area contributed by atoms with E-state index in [1.807, 2.05) is 6.07 Å². The van der Waals surface area contributed by atoms with Crippen molar-refractivity contribution in [3.63, 3.8) is 0 Å². The molecule has 0 amide bonds. The third-order valence-electron chi connectivity index (χ3n) is 2.98. The van der Waals surface area contributed by atoms with E-state index in [4.69, 9.17) is 4.74 Å².